The molecule has 2 heterocycles. The molecule has 0 aromatic rings. The molecule has 0 unspecified atom stereocenters. The zero-order valence-electron chi connectivity index (χ0n) is 14.6. The van der Waals surface area contributed by atoms with Crippen LogP contribution in [0.4, 0.5) is 0 Å². The van der Waals surface area contributed by atoms with E-state index in [9.17, 15) is 4.79 Å². The summed E-state index contributed by atoms with van der Waals surface area (Å²) in [6.45, 7) is 13.3. The lowest BCUT2D eigenvalue weighted by Gasteiger charge is -2.52. The van der Waals surface area contributed by atoms with Gasteiger partial charge in [0.15, 0.2) is 0 Å². The Bertz CT molecular complexity index is 421. The molecule has 5 nitrogen and oxygen atoms in total. The lowest BCUT2D eigenvalue weighted by atomic mass is 9.60. The van der Waals surface area contributed by atoms with Crippen molar-refractivity contribution in [2.24, 2.45) is 5.41 Å². The third-order valence-electron chi connectivity index (χ3n) is 6.14. The third kappa shape index (κ3) is 4.34. The summed E-state index contributed by atoms with van der Waals surface area (Å²) in [5.41, 5.74) is 0.517. The number of carbonyl (C=O) groups excluding carboxylic acids is 1. The minimum Gasteiger partial charge on any atom is -0.350 e. The number of piperidine rings is 1. The number of amides is 1. The number of hydrogen-bond donors (Lipinski definition) is 1. The lowest BCUT2D eigenvalue weighted by Crippen LogP contribution is -2.55. The van der Waals surface area contributed by atoms with E-state index < -0.39 is 0 Å². The smallest absolute Gasteiger partial charge is 0.243 e. The van der Waals surface area contributed by atoms with Gasteiger partial charge in [-0.2, -0.15) is 0 Å². The van der Waals surface area contributed by atoms with Crippen molar-refractivity contribution >= 4 is 5.91 Å². The molecule has 23 heavy (non-hydrogen) atoms. The molecule has 3 fully saturated rings. The largest absolute Gasteiger partial charge is 0.350 e. The molecular formula is C18H34N4O. The highest BCUT2D eigenvalue weighted by molar-refractivity contribution is 5.87. The fourth-order valence-electron chi connectivity index (χ4n) is 4.36. The maximum absolute atomic E-state index is 11.3. The molecule has 0 atom stereocenters. The highest BCUT2D eigenvalue weighted by Crippen LogP contribution is 2.49. The molecule has 0 aromatic heterocycles. The molecule has 1 amide bonds. The van der Waals surface area contributed by atoms with Crippen molar-refractivity contribution in [3.63, 3.8) is 0 Å². The molecule has 3 aliphatic rings. The average Bonchev–Trinajstić information content (AvgIpc) is 2.54. The summed E-state index contributed by atoms with van der Waals surface area (Å²) in [7, 11) is 2.21. The zero-order valence-corrected chi connectivity index (χ0v) is 14.6. The van der Waals surface area contributed by atoms with Gasteiger partial charge in [0.25, 0.3) is 0 Å². The van der Waals surface area contributed by atoms with Crippen LogP contribution in [-0.2, 0) is 4.79 Å². The van der Waals surface area contributed by atoms with Gasteiger partial charge in [-0.3, -0.25) is 9.69 Å². The summed E-state index contributed by atoms with van der Waals surface area (Å²) in [5, 5.41) is 3.04. The van der Waals surface area contributed by atoms with Crippen molar-refractivity contribution in [3.8, 4) is 0 Å². The summed E-state index contributed by atoms with van der Waals surface area (Å²) < 4.78 is 0. The summed E-state index contributed by atoms with van der Waals surface area (Å²) in [5.74, 6) is -0.0190. The Labute approximate surface area is 142 Å². The Morgan fingerprint density at radius 3 is 2.26 bits per heavy atom. The Hall–Kier alpha value is -0.910. The van der Waals surface area contributed by atoms with Crippen molar-refractivity contribution in [1.82, 2.24) is 20.0 Å². The minimum absolute atomic E-state index is 0. The van der Waals surface area contributed by atoms with Gasteiger partial charge in [0.2, 0.25) is 5.91 Å². The van der Waals surface area contributed by atoms with Crippen LogP contribution in [0.25, 0.3) is 0 Å². The summed E-state index contributed by atoms with van der Waals surface area (Å²) in [6, 6.07) is 0.386. The maximum Gasteiger partial charge on any atom is 0.243 e. The van der Waals surface area contributed by atoms with Gasteiger partial charge in [0.1, 0.15) is 0 Å². The maximum atomic E-state index is 11.3. The van der Waals surface area contributed by atoms with Crippen LogP contribution in [-0.4, -0.2) is 86.1 Å². The quantitative estimate of drug-likeness (QED) is 0.767. The van der Waals surface area contributed by atoms with Crippen molar-refractivity contribution < 1.29 is 6.22 Å². The first-order valence-electron chi connectivity index (χ1n) is 9.15. The molecule has 0 bridgehead atoms. The van der Waals surface area contributed by atoms with E-state index in [-0.39, 0.29) is 7.33 Å². The molecule has 5 heteroatoms. The van der Waals surface area contributed by atoms with Gasteiger partial charge in [-0.05, 0) is 57.3 Å². The van der Waals surface area contributed by atoms with Crippen molar-refractivity contribution in [1.29, 1.82) is 0 Å². The van der Waals surface area contributed by atoms with E-state index in [1.165, 1.54) is 84.1 Å². The van der Waals surface area contributed by atoms with E-state index in [0.29, 0.717) is 11.5 Å². The first kappa shape index (κ1) is 16.9. The minimum atomic E-state index is -0.0190. The van der Waals surface area contributed by atoms with Crippen LogP contribution in [0.1, 0.15) is 27.1 Å². The van der Waals surface area contributed by atoms with E-state index in [2.05, 4.69) is 33.6 Å². The van der Waals surface area contributed by atoms with E-state index in [4.69, 9.17) is 0 Å². The van der Waals surface area contributed by atoms with E-state index in [1.807, 2.05) is 0 Å². The van der Waals surface area contributed by atoms with Gasteiger partial charge in [0, 0.05) is 46.7 Å². The highest BCUT2D eigenvalue weighted by Gasteiger charge is 2.45. The average molecular weight is 322 g/mol. The first-order chi connectivity index (χ1) is 11.1. The van der Waals surface area contributed by atoms with Crippen molar-refractivity contribution in [2.45, 2.75) is 31.7 Å². The Kier molecular flexibility index (Phi) is 5.39. The number of piperazine rings is 1. The van der Waals surface area contributed by atoms with Crippen LogP contribution < -0.4 is 5.32 Å². The standard InChI is InChI=1S/C18H32N4O.H2/c1-3-17(23)19-16-14-18(15-16)4-6-21(7-5-18)12-13-22-10-8-20(2)9-11-22;/h3,16H,1,4-15H2,2H3,(H,19,23);1H. The number of nitrogens with zero attached hydrogens (tertiary/aromatic N) is 3. The number of likely N-dealkylation sites (tertiary alicyclic amines) is 1. The normalized spacial score (nSPS) is 26.8. The van der Waals surface area contributed by atoms with Crippen LogP contribution in [0.3, 0.4) is 0 Å². The molecule has 0 radical (unpaired) electrons. The fourth-order valence-corrected chi connectivity index (χ4v) is 4.36. The van der Waals surface area contributed by atoms with E-state index in [0.717, 1.165) is 0 Å². The fraction of sp³-hybridized carbons (Fsp3) is 0.833. The second kappa shape index (κ2) is 7.32. The van der Waals surface area contributed by atoms with Crippen LogP contribution in [0, 0.1) is 5.41 Å². The number of rotatable bonds is 5. The molecule has 0 aromatic carbocycles. The van der Waals surface area contributed by atoms with Gasteiger partial charge in [0.05, 0.1) is 0 Å². The van der Waals surface area contributed by atoms with E-state index >= 15 is 0 Å². The zero-order chi connectivity index (χ0) is 16.3. The van der Waals surface area contributed by atoms with Gasteiger partial charge < -0.3 is 15.1 Å². The Morgan fingerprint density at radius 2 is 1.70 bits per heavy atom. The third-order valence-corrected chi connectivity index (χ3v) is 6.14. The molecule has 1 saturated carbocycles. The number of carbonyl (C=O) groups is 1. The molecule has 3 rings (SSSR count). The Balaban J connectivity index is 0.00000208. The first-order valence-corrected chi connectivity index (χ1v) is 9.15. The van der Waals surface area contributed by atoms with Crippen LogP contribution in [0.5, 0.6) is 0 Å². The van der Waals surface area contributed by atoms with Crippen LogP contribution in [0.15, 0.2) is 12.7 Å². The lowest BCUT2D eigenvalue weighted by molar-refractivity contribution is -0.119. The van der Waals surface area contributed by atoms with Crippen molar-refractivity contribution in [3.05, 3.63) is 12.7 Å². The Morgan fingerprint density at radius 1 is 1.13 bits per heavy atom. The van der Waals surface area contributed by atoms with Crippen LogP contribution in [0.2, 0.25) is 0 Å². The number of likely N-dealkylation sites (N-methyl/N-ethyl adjacent to an activating group) is 1. The number of hydrogen-bond acceptors (Lipinski definition) is 4. The molecule has 1 aliphatic carbocycles. The molecule has 2 aliphatic heterocycles. The SMILES string of the molecule is C=CC(=O)NC1CC2(CCN(CCN3CCN(C)CC3)CC2)C1.[HH]. The number of nitrogens with one attached hydrogen (secondary N) is 1. The topological polar surface area (TPSA) is 38.8 Å². The highest BCUT2D eigenvalue weighted by atomic mass is 16.1. The predicted octanol–water partition coefficient (Wildman–Crippen LogP) is 1.03. The van der Waals surface area contributed by atoms with Gasteiger partial charge in [-0.15, -0.1) is 0 Å². The monoisotopic (exact) mass is 322 g/mol. The van der Waals surface area contributed by atoms with Crippen molar-refractivity contribution in [2.75, 3.05) is 59.4 Å². The second-order valence-corrected chi connectivity index (χ2v) is 7.80. The molecule has 2 saturated heterocycles. The van der Waals surface area contributed by atoms with E-state index in [1.54, 1.807) is 0 Å². The molecule has 1 N–H and O–H groups in total. The van der Waals surface area contributed by atoms with Gasteiger partial charge >= 0.3 is 0 Å². The molecule has 1 spiro atoms. The summed E-state index contributed by atoms with van der Waals surface area (Å²) in [4.78, 5) is 19.0. The second-order valence-electron chi connectivity index (χ2n) is 7.80. The summed E-state index contributed by atoms with van der Waals surface area (Å²) in [6.07, 6.45) is 6.32. The van der Waals surface area contributed by atoms with Gasteiger partial charge in [-0.25, -0.2) is 0 Å². The molecular weight excluding hydrogens is 288 g/mol. The summed E-state index contributed by atoms with van der Waals surface area (Å²) >= 11 is 0. The predicted molar refractivity (Wildman–Crippen MR) is 95.5 cm³/mol. The molecule has 132 valence electrons. The van der Waals surface area contributed by atoms with Crippen LogP contribution >= 0.6 is 0 Å². The van der Waals surface area contributed by atoms with Gasteiger partial charge in [-0.1, -0.05) is 6.58 Å².